The Bertz CT molecular complexity index is 589. The summed E-state index contributed by atoms with van der Waals surface area (Å²) < 4.78 is 17.8. The van der Waals surface area contributed by atoms with Crippen LogP contribution in [-0.4, -0.2) is 55.1 Å². The summed E-state index contributed by atoms with van der Waals surface area (Å²) in [7, 11) is 5.03. The molecule has 0 amide bonds. The molecule has 0 N–H and O–H groups in total. The number of hydrogen-bond donors (Lipinski definition) is 0. The molecule has 0 aliphatic rings. The van der Waals surface area contributed by atoms with Crippen molar-refractivity contribution in [1.82, 2.24) is 14.8 Å². The van der Waals surface area contributed by atoms with E-state index in [0.29, 0.717) is 19.8 Å². The van der Waals surface area contributed by atoms with Gasteiger partial charge in [-0.25, -0.2) is 0 Å². The molecule has 7 heteroatoms. The molecule has 1 aromatic carbocycles. The zero-order chi connectivity index (χ0) is 15.8. The molecular formula is C15H21N3O3S. The van der Waals surface area contributed by atoms with Crippen molar-refractivity contribution in [2.24, 2.45) is 0 Å². The number of thioether (sulfide) groups is 1. The zero-order valence-electron chi connectivity index (χ0n) is 13.1. The summed E-state index contributed by atoms with van der Waals surface area (Å²) in [5, 5.41) is 9.50. The van der Waals surface area contributed by atoms with E-state index < -0.39 is 0 Å². The minimum Gasteiger partial charge on any atom is -0.496 e. The van der Waals surface area contributed by atoms with Gasteiger partial charge in [0.25, 0.3) is 0 Å². The smallest absolute Gasteiger partial charge is 0.191 e. The second-order valence-corrected chi connectivity index (χ2v) is 5.55. The highest BCUT2D eigenvalue weighted by Crippen LogP contribution is 2.30. The highest BCUT2D eigenvalue weighted by atomic mass is 32.2. The third-order valence-corrected chi connectivity index (χ3v) is 4.03. The average molecular weight is 323 g/mol. The number of nitrogens with zero attached hydrogens (tertiary/aromatic N) is 3. The quantitative estimate of drug-likeness (QED) is 0.521. The van der Waals surface area contributed by atoms with Crippen molar-refractivity contribution in [2.45, 2.75) is 11.7 Å². The maximum atomic E-state index is 5.43. The Morgan fingerprint density at radius 1 is 1.05 bits per heavy atom. The molecule has 0 atom stereocenters. The second kappa shape index (κ2) is 8.77. The first-order chi connectivity index (χ1) is 10.8. The Kier molecular flexibility index (Phi) is 6.70. The van der Waals surface area contributed by atoms with Crippen LogP contribution >= 0.6 is 11.8 Å². The number of para-hydroxylation sites is 1. The highest BCUT2D eigenvalue weighted by molar-refractivity contribution is 7.99. The van der Waals surface area contributed by atoms with E-state index in [-0.39, 0.29) is 0 Å². The lowest BCUT2D eigenvalue weighted by atomic mass is 10.2. The standard InChI is InChI=1S/C15H21N3O3S/c1-19-9-8-18-14(12-6-4-5-7-13(12)21-3)16-17-15(18)22-11-10-20-2/h4-7H,8-11H2,1-3H3. The fourth-order valence-corrected chi connectivity index (χ4v) is 2.89. The predicted octanol–water partition coefficient (Wildman–Crippen LogP) is 2.34. The summed E-state index contributed by atoms with van der Waals surface area (Å²) in [5.41, 5.74) is 0.923. The van der Waals surface area contributed by atoms with E-state index in [1.807, 2.05) is 24.3 Å². The molecule has 0 aliphatic heterocycles. The summed E-state index contributed by atoms with van der Waals surface area (Å²) in [6, 6.07) is 7.80. The van der Waals surface area contributed by atoms with Gasteiger partial charge in [0, 0.05) is 20.0 Å². The van der Waals surface area contributed by atoms with Crippen molar-refractivity contribution in [3.05, 3.63) is 24.3 Å². The number of hydrogen-bond acceptors (Lipinski definition) is 6. The average Bonchev–Trinajstić information content (AvgIpc) is 2.95. The van der Waals surface area contributed by atoms with E-state index in [2.05, 4.69) is 14.8 Å². The van der Waals surface area contributed by atoms with Crippen molar-refractivity contribution in [1.29, 1.82) is 0 Å². The number of ether oxygens (including phenoxy) is 3. The van der Waals surface area contributed by atoms with Gasteiger partial charge in [0.15, 0.2) is 11.0 Å². The van der Waals surface area contributed by atoms with Crippen LogP contribution in [0.4, 0.5) is 0 Å². The fraction of sp³-hybridized carbons (Fsp3) is 0.467. The molecule has 2 rings (SSSR count). The summed E-state index contributed by atoms with van der Waals surface area (Å²) >= 11 is 1.62. The maximum absolute atomic E-state index is 5.43. The molecule has 2 aromatic rings. The van der Waals surface area contributed by atoms with Crippen LogP contribution in [0.1, 0.15) is 0 Å². The lowest BCUT2D eigenvalue weighted by molar-refractivity contribution is 0.185. The van der Waals surface area contributed by atoms with Gasteiger partial charge in [-0.15, -0.1) is 10.2 Å². The first-order valence-corrected chi connectivity index (χ1v) is 7.97. The van der Waals surface area contributed by atoms with Gasteiger partial charge in [0.2, 0.25) is 0 Å². The van der Waals surface area contributed by atoms with Crippen LogP contribution < -0.4 is 4.74 Å². The van der Waals surface area contributed by atoms with E-state index in [1.165, 1.54) is 0 Å². The van der Waals surface area contributed by atoms with Gasteiger partial charge in [-0.3, -0.25) is 4.57 Å². The molecule has 0 radical (unpaired) electrons. The Morgan fingerprint density at radius 3 is 2.55 bits per heavy atom. The van der Waals surface area contributed by atoms with Gasteiger partial charge in [0.05, 0.1) is 32.4 Å². The Balaban J connectivity index is 2.33. The molecule has 0 fully saturated rings. The van der Waals surface area contributed by atoms with Crippen molar-refractivity contribution in [3.8, 4) is 17.1 Å². The fourth-order valence-electron chi connectivity index (χ4n) is 2.02. The summed E-state index contributed by atoms with van der Waals surface area (Å²) in [6.45, 7) is 1.95. The van der Waals surface area contributed by atoms with Crippen molar-refractivity contribution in [2.75, 3.05) is 40.3 Å². The van der Waals surface area contributed by atoms with Crippen LogP contribution in [0.15, 0.2) is 29.4 Å². The number of rotatable bonds is 9. The molecule has 0 saturated carbocycles. The molecule has 1 aromatic heterocycles. The molecule has 120 valence electrons. The molecule has 1 heterocycles. The van der Waals surface area contributed by atoms with E-state index in [9.17, 15) is 0 Å². The van der Waals surface area contributed by atoms with Crippen LogP contribution in [0.5, 0.6) is 5.75 Å². The van der Waals surface area contributed by atoms with Crippen LogP contribution in [0.2, 0.25) is 0 Å². The Hall–Kier alpha value is -1.57. The lowest BCUT2D eigenvalue weighted by Gasteiger charge is -2.11. The zero-order valence-corrected chi connectivity index (χ0v) is 13.9. The number of benzene rings is 1. The largest absolute Gasteiger partial charge is 0.496 e. The first-order valence-electron chi connectivity index (χ1n) is 6.99. The highest BCUT2D eigenvalue weighted by Gasteiger charge is 2.17. The summed E-state index contributed by atoms with van der Waals surface area (Å²) in [6.07, 6.45) is 0. The Morgan fingerprint density at radius 2 is 1.82 bits per heavy atom. The van der Waals surface area contributed by atoms with Gasteiger partial charge in [0.1, 0.15) is 5.75 Å². The molecule has 0 bridgehead atoms. The molecule has 0 aliphatic carbocycles. The molecule has 6 nitrogen and oxygen atoms in total. The van der Waals surface area contributed by atoms with Crippen molar-refractivity contribution in [3.63, 3.8) is 0 Å². The SMILES string of the molecule is COCCSc1nnc(-c2ccccc2OC)n1CCOC. The minimum atomic E-state index is 0.595. The van der Waals surface area contributed by atoms with Crippen LogP contribution in [-0.2, 0) is 16.0 Å². The van der Waals surface area contributed by atoms with Gasteiger partial charge >= 0.3 is 0 Å². The van der Waals surface area contributed by atoms with Crippen molar-refractivity contribution < 1.29 is 14.2 Å². The maximum Gasteiger partial charge on any atom is 0.191 e. The molecule has 0 unspecified atom stereocenters. The normalized spacial score (nSPS) is 10.9. The lowest BCUT2D eigenvalue weighted by Crippen LogP contribution is -2.08. The van der Waals surface area contributed by atoms with Gasteiger partial charge < -0.3 is 14.2 Å². The molecule has 22 heavy (non-hydrogen) atoms. The van der Waals surface area contributed by atoms with Gasteiger partial charge in [-0.05, 0) is 12.1 Å². The molecule has 0 spiro atoms. The van der Waals surface area contributed by atoms with E-state index >= 15 is 0 Å². The monoisotopic (exact) mass is 323 g/mol. The first kappa shape index (κ1) is 16.8. The van der Waals surface area contributed by atoms with Crippen molar-refractivity contribution >= 4 is 11.8 Å². The number of aromatic nitrogens is 3. The van der Waals surface area contributed by atoms with E-state index in [0.717, 1.165) is 28.0 Å². The third-order valence-electron chi connectivity index (χ3n) is 3.10. The Labute approximate surface area is 134 Å². The van der Waals surface area contributed by atoms with E-state index in [1.54, 1.807) is 33.1 Å². The van der Waals surface area contributed by atoms with Crippen LogP contribution in [0, 0.1) is 0 Å². The van der Waals surface area contributed by atoms with Crippen LogP contribution in [0.3, 0.4) is 0 Å². The minimum absolute atomic E-state index is 0.595. The topological polar surface area (TPSA) is 58.4 Å². The predicted molar refractivity (Wildman–Crippen MR) is 86.5 cm³/mol. The third kappa shape index (κ3) is 4.00. The van der Waals surface area contributed by atoms with Gasteiger partial charge in [-0.2, -0.15) is 0 Å². The van der Waals surface area contributed by atoms with Crippen LogP contribution in [0.25, 0.3) is 11.4 Å². The summed E-state index contributed by atoms with van der Waals surface area (Å²) in [4.78, 5) is 0. The molecular weight excluding hydrogens is 302 g/mol. The summed E-state index contributed by atoms with van der Waals surface area (Å²) in [5.74, 6) is 2.39. The van der Waals surface area contributed by atoms with E-state index in [4.69, 9.17) is 14.2 Å². The van der Waals surface area contributed by atoms with Gasteiger partial charge in [-0.1, -0.05) is 23.9 Å². The second-order valence-electron chi connectivity index (χ2n) is 4.49. The number of methoxy groups -OCH3 is 3. The molecule has 0 saturated heterocycles.